The van der Waals surface area contributed by atoms with Crippen molar-refractivity contribution in [2.75, 3.05) is 26.8 Å². The number of hydrogen-bond donors (Lipinski definition) is 0. The van der Waals surface area contributed by atoms with Gasteiger partial charge >= 0.3 is 5.97 Å². The summed E-state index contributed by atoms with van der Waals surface area (Å²) in [5.74, 6) is 0.457. The minimum Gasteiger partial charge on any atom is -0.473 e. The third-order valence-electron chi connectivity index (χ3n) is 7.39. The number of benzene rings is 1. The largest absolute Gasteiger partial charge is 0.473 e. The summed E-state index contributed by atoms with van der Waals surface area (Å²) in [5, 5.41) is 0.346. The predicted molar refractivity (Wildman–Crippen MR) is 151 cm³/mol. The second-order valence-electron chi connectivity index (χ2n) is 10.1. The molecular weight excluding hydrogens is 549 g/mol. The molecule has 1 unspecified atom stereocenters. The highest BCUT2D eigenvalue weighted by molar-refractivity contribution is 6.30. The highest BCUT2D eigenvalue weighted by atomic mass is 35.5. The van der Waals surface area contributed by atoms with Gasteiger partial charge in [-0.1, -0.05) is 29.8 Å². The molecule has 1 fully saturated rings. The Labute approximate surface area is 241 Å². The molecule has 3 aromatic heterocycles. The van der Waals surface area contributed by atoms with Crippen LogP contribution in [0.5, 0.6) is 5.88 Å². The molecule has 1 saturated heterocycles. The monoisotopic (exact) mass is 577 g/mol. The van der Waals surface area contributed by atoms with Crippen molar-refractivity contribution in [2.24, 2.45) is 0 Å². The van der Waals surface area contributed by atoms with E-state index in [0.717, 1.165) is 60.7 Å². The number of imidazole rings is 1. The van der Waals surface area contributed by atoms with E-state index in [0.29, 0.717) is 29.6 Å². The van der Waals surface area contributed by atoms with E-state index in [-0.39, 0.29) is 18.4 Å². The number of carbonyl (C=O) groups excluding carboxylic acids is 1. The molecule has 0 bridgehead atoms. The molecule has 11 heteroatoms. The fourth-order valence-corrected chi connectivity index (χ4v) is 5.16. The molecule has 41 heavy (non-hydrogen) atoms. The van der Waals surface area contributed by atoms with Gasteiger partial charge in [0.15, 0.2) is 5.69 Å². The van der Waals surface area contributed by atoms with Crippen LogP contribution in [0.25, 0.3) is 16.6 Å². The summed E-state index contributed by atoms with van der Waals surface area (Å²) in [6.07, 6.45) is 5.73. The Hall–Kier alpha value is -3.86. The van der Waals surface area contributed by atoms with E-state index < -0.39 is 11.8 Å². The van der Waals surface area contributed by atoms with Crippen molar-refractivity contribution in [3.05, 3.63) is 88.4 Å². The first kappa shape index (κ1) is 27.3. The van der Waals surface area contributed by atoms with Gasteiger partial charge in [-0.25, -0.2) is 24.1 Å². The van der Waals surface area contributed by atoms with Crippen LogP contribution >= 0.6 is 11.6 Å². The number of nitrogens with zero attached hydrogens (tertiary/aromatic N) is 5. The van der Waals surface area contributed by atoms with Crippen LogP contribution in [0.15, 0.2) is 54.7 Å². The number of hydrogen-bond acceptors (Lipinski definition) is 8. The molecule has 5 heterocycles. The zero-order valence-corrected chi connectivity index (χ0v) is 23.3. The Morgan fingerprint density at radius 3 is 2.83 bits per heavy atom. The molecule has 0 amide bonds. The number of ether oxygens (including phenoxy) is 3. The van der Waals surface area contributed by atoms with Crippen molar-refractivity contribution in [1.29, 1.82) is 0 Å². The van der Waals surface area contributed by atoms with Crippen molar-refractivity contribution in [3.8, 4) is 5.88 Å². The molecule has 0 N–H and O–H groups in total. The lowest BCUT2D eigenvalue weighted by molar-refractivity contribution is -0.0591. The van der Waals surface area contributed by atoms with Gasteiger partial charge in [0, 0.05) is 36.3 Å². The fourth-order valence-electron chi connectivity index (χ4n) is 5.00. The molecule has 1 aromatic carbocycles. The maximum Gasteiger partial charge on any atom is 0.356 e. The number of pyridine rings is 2. The molecule has 1 atom stereocenters. The number of esters is 1. The molecule has 0 aliphatic carbocycles. The lowest BCUT2D eigenvalue weighted by Gasteiger charge is -2.29. The van der Waals surface area contributed by atoms with Crippen LogP contribution in [-0.2, 0) is 29.2 Å². The van der Waals surface area contributed by atoms with Crippen molar-refractivity contribution in [1.82, 2.24) is 24.4 Å². The van der Waals surface area contributed by atoms with E-state index in [9.17, 15) is 9.18 Å². The number of fused-ring (bicyclic) bond motifs is 1. The smallest absolute Gasteiger partial charge is 0.356 e. The molecule has 0 spiro atoms. The SMILES string of the molecule is COC(=O)c1cc2c(cn1)nc(CN1CC=C(c3cccc(OCc4ccc(Cl)cc4F)n3)CC1)n2CC1CCO1. The van der Waals surface area contributed by atoms with Crippen molar-refractivity contribution < 1.29 is 23.4 Å². The van der Waals surface area contributed by atoms with Gasteiger partial charge in [0.05, 0.1) is 43.7 Å². The van der Waals surface area contributed by atoms with E-state index in [2.05, 4.69) is 25.5 Å². The molecule has 212 valence electrons. The Bertz CT molecular complexity index is 1620. The standard InChI is InChI=1S/C30H29ClFN5O4/c1-39-30(38)25-14-27-26(15-33-25)34-28(37(27)16-22-9-12-40-22)17-36-10-7-19(8-11-36)24-3-2-4-29(35-24)41-18-20-5-6-21(31)13-23(20)32/h2-7,13-15,22H,8-12,16-18H2,1H3. The minimum absolute atomic E-state index is 0.0653. The van der Waals surface area contributed by atoms with E-state index in [4.69, 9.17) is 30.8 Å². The first-order valence-corrected chi connectivity index (χ1v) is 13.9. The molecule has 4 aromatic rings. The molecule has 2 aliphatic rings. The van der Waals surface area contributed by atoms with Crippen LogP contribution < -0.4 is 4.74 Å². The van der Waals surface area contributed by atoms with Crippen LogP contribution in [0.3, 0.4) is 0 Å². The second kappa shape index (κ2) is 11.9. The van der Waals surface area contributed by atoms with Gasteiger partial charge in [0.25, 0.3) is 0 Å². The van der Waals surface area contributed by atoms with Crippen LogP contribution in [0.1, 0.15) is 40.4 Å². The summed E-state index contributed by atoms with van der Waals surface area (Å²) in [7, 11) is 1.35. The average Bonchev–Trinajstić information content (AvgIpc) is 3.30. The van der Waals surface area contributed by atoms with E-state index in [1.807, 2.05) is 12.1 Å². The number of rotatable bonds is 9. The lowest BCUT2D eigenvalue weighted by Crippen LogP contribution is -2.33. The first-order valence-electron chi connectivity index (χ1n) is 13.5. The molecule has 2 aliphatic heterocycles. The van der Waals surface area contributed by atoms with Crippen LogP contribution in [0.2, 0.25) is 5.02 Å². The maximum atomic E-state index is 14.1. The molecule has 0 saturated carbocycles. The van der Waals surface area contributed by atoms with E-state index >= 15 is 0 Å². The van der Waals surface area contributed by atoms with Crippen LogP contribution in [0, 0.1) is 5.82 Å². The highest BCUT2D eigenvalue weighted by Crippen LogP contribution is 2.26. The summed E-state index contributed by atoms with van der Waals surface area (Å²) >= 11 is 5.84. The van der Waals surface area contributed by atoms with Gasteiger partial charge in [-0.3, -0.25) is 4.90 Å². The predicted octanol–water partition coefficient (Wildman–Crippen LogP) is 5.06. The Kier molecular flexibility index (Phi) is 7.95. The minimum atomic E-state index is -0.477. The van der Waals surface area contributed by atoms with Gasteiger partial charge in [-0.05, 0) is 42.7 Å². The van der Waals surface area contributed by atoms with E-state index in [1.54, 1.807) is 30.5 Å². The summed E-state index contributed by atoms with van der Waals surface area (Å²) in [6, 6.07) is 11.9. The maximum absolute atomic E-state index is 14.1. The number of aromatic nitrogens is 4. The summed E-state index contributed by atoms with van der Waals surface area (Å²) < 4.78 is 32.6. The van der Waals surface area contributed by atoms with Gasteiger partial charge < -0.3 is 18.8 Å². The summed E-state index contributed by atoms with van der Waals surface area (Å²) in [5.41, 5.74) is 4.23. The number of carbonyl (C=O) groups is 1. The van der Waals surface area contributed by atoms with Gasteiger partial charge in [-0.15, -0.1) is 0 Å². The number of methoxy groups -OCH3 is 1. The second-order valence-corrected chi connectivity index (χ2v) is 10.5. The van der Waals surface area contributed by atoms with Crippen molar-refractivity contribution >= 4 is 34.2 Å². The van der Waals surface area contributed by atoms with Gasteiger partial charge in [0.1, 0.15) is 23.8 Å². The third kappa shape index (κ3) is 6.09. The highest BCUT2D eigenvalue weighted by Gasteiger charge is 2.24. The first-order chi connectivity index (χ1) is 20.0. The van der Waals surface area contributed by atoms with Gasteiger partial charge in [-0.2, -0.15) is 0 Å². The zero-order valence-electron chi connectivity index (χ0n) is 22.6. The fraction of sp³-hybridized carbons (Fsp3) is 0.333. The van der Waals surface area contributed by atoms with Crippen LogP contribution in [0.4, 0.5) is 4.39 Å². The Morgan fingerprint density at radius 1 is 1.22 bits per heavy atom. The summed E-state index contributed by atoms with van der Waals surface area (Å²) in [4.78, 5) is 28.2. The Morgan fingerprint density at radius 2 is 2.10 bits per heavy atom. The number of halogens is 2. The zero-order chi connectivity index (χ0) is 28.3. The molecule has 9 nitrogen and oxygen atoms in total. The quantitative estimate of drug-likeness (QED) is 0.255. The van der Waals surface area contributed by atoms with E-state index in [1.165, 1.54) is 13.2 Å². The van der Waals surface area contributed by atoms with Gasteiger partial charge in [0.2, 0.25) is 5.88 Å². The van der Waals surface area contributed by atoms with Crippen LogP contribution in [-0.4, -0.2) is 63.3 Å². The normalized spacial score (nSPS) is 17.2. The molecular formula is C30H29ClFN5O4. The topological polar surface area (TPSA) is 91.6 Å². The van der Waals surface area contributed by atoms with Crippen molar-refractivity contribution in [3.63, 3.8) is 0 Å². The third-order valence-corrected chi connectivity index (χ3v) is 7.62. The average molecular weight is 578 g/mol. The molecule has 6 rings (SSSR count). The lowest BCUT2D eigenvalue weighted by atomic mass is 10.0. The Balaban J connectivity index is 1.15. The molecule has 0 radical (unpaired) electrons. The summed E-state index contributed by atoms with van der Waals surface area (Å²) in [6.45, 7) is 3.69. The van der Waals surface area contributed by atoms with Crippen molar-refractivity contribution in [2.45, 2.75) is 38.6 Å².